The largest absolute Gasteiger partial charge is 0.486 e. The highest BCUT2D eigenvalue weighted by Gasteiger charge is 2.39. The van der Waals surface area contributed by atoms with Gasteiger partial charge in [0.2, 0.25) is 0 Å². The van der Waals surface area contributed by atoms with E-state index in [4.69, 9.17) is 23.4 Å². The van der Waals surface area contributed by atoms with E-state index in [-0.39, 0.29) is 42.1 Å². The molecule has 0 radical (unpaired) electrons. The number of aliphatic hydroxyl groups excluding tert-OH is 1. The molecular weight excluding hydrogens is 1120 g/mol. The summed E-state index contributed by atoms with van der Waals surface area (Å²) >= 11 is 0. The van der Waals surface area contributed by atoms with Crippen LogP contribution < -0.4 is 29.8 Å². The molecule has 87 heavy (non-hydrogen) atoms. The predicted molar refractivity (Wildman–Crippen MR) is 353 cm³/mol. The Bertz CT molecular complexity index is 2800. The second-order valence-corrected chi connectivity index (χ2v) is 31.6. The lowest BCUT2D eigenvalue weighted by molar-refractivity contribution is 0.0227. The number of hydrogen-bond donors (Lipinski definition) is 3. The summed E-state index contributed by atoms with van der Waals surface area (Å²) < 4.78 is 42.6. The summed E-state index contributed by atoms with van der Waals surface area (Å²) in [5.74, 6) is 0.721. The first kappa shape index (κ1) is 75.2. The summed E-state index contributed by atoms with van der Waals surface area (Å²) in [6.45, 7) is 44.4. The molecular formula is C70H110FN5O10Si. The zero-order chi connectivity index (χ0) is 65.6. The molecule has 17 heteroatoms. The van der Waals surface area contributed by atoms with Gasteiger partial charge in [0, 0.05) is 46.5 Å². The van der Waals surface area contributed by atoms with Crippen LogP contribution >= 0.6 is 0 Å². The maximum Gasteiger partial charge on any atom is 0.272 e. The molecule has 486 valence electrons. The quantitative estimate of drug-likeness (QED) is 0.0354. The van der Waals surface area contributed by atoms with Crippen LogP contribution in [0.15, 0.2) is 60.7 Å². The maximum atomic E-state index is 13.5. The van der Waals surface area contributed by atoms with E-state index >= 15 is 0 Å². The van der Waals surface area contributed by atoms with Crippen molar-refractivity contribution in [3.8, 4) is 23.0 Å². The van der Waals surface area contributed by atoms with Crippen molar-refractivity contribution in [2.75, 3.05) is 39.5 Å². The van der Waals surface area contributed by atoms with E-state index in [0.717, 1.165) is 53.1 Å². The SMILES string of the molecule is CCCCCCCC.CCCCN(F)CCCC.Cc1cc(C)cc(C(=O)N(NC(=O)c2ccc3c(c2C)O[C@@H](CO)CO3)C(C)(C)C)c1.Cc1cc(C)cc(C(=O)N(NC(=O)c2ccc3c(c2C)O[C@@H](CO[Si](C)(C)C(C)(C)C)CO3)C(C)(C)C)c1. The molecule has 6 rings (SSSR count). The molecule has 0 fully saturated rings. The van der Waals surface area contributed by atoms with Gasteiger partial charge in [-0.1, -0.05) is 134 Å². The monoisotopic (exact) mass is 1230 g/mol. The molecule has 2 aliphatic rings. The van der Waals surface area contributed by atoms with E-state index in [9.17, 15) is 28.8 Å². The zero-order valence-corrected chi connectivity index (χ0v) is 58.1. The van der Waals surface area contributed by atoms with Gasteiger partial charge < -0.3 is 28.5 Å². The van der Waals surface area contributed by atoms with Crippen LogP contribution in [0.25, 0.3) is 0 Å². The molecule has 2 aliphatic heterocycles. The molecule has 4 aromatic carbocycles. The number of amides is 4. The fourth-order valence-electron chi connectivity index (χ4n) is 9.25. The summed E-state index contributed by atoms with van der Waals surface area (Å²) in [5, 5.41) is 13.1. The van der Waals surface area contributed by atoms with Gasteiger partial charge >= 0.3 is 0 Å². The Morgan fingerprint density at radius 1 is 0.563 bits per heavy atom. The van der Waals surface area contributed by atoms with Crippen LogP contribution in [0.5, 0.6) is 23.0 Å². The van der Waals surface area contributed by atoms with Gasteiger partial charge in [0.15, 0.2) is 43.5 Å². The molecule has 0 saturated carbocycles. The number of rotatable bonds is 19. The minimum atomic E-state index is -1.94. The standard InChI is InChI=1S/C30H44N2O5Si.C24H30N2O5.C8H18FN.C8H18/c1-19-14-20(2)16-22(15-19)28(34)32(29(4,5)6)31-27(33)24-12-13-25-26(21(24)3)37-23(17-35-25)18-36-38(10,11)30(7,8)9;1-14-9-15(2)11-17(10-14)23(29)26(24(4,5)6)25-22(28)19-7-8-20-21(16(19)3)31-18(12-27)13-30-20;1-3-5-7-10(9)8-6-4-2;1-3-5-7-8-6-4-2/h12-16,23H,17-18H2,1-11H3,(H,31,33);7-11,18,27H,12-13H2,1-6H3,(H,25,28);3-8H2,1-2H3;3-8H2,1-2H3/t23-;18-;;/m10../s1. The zero-order valence-electron chi connectivity index (χ0n) is 57.1. The summed E-state index contributed by atoms with van der Waals surface area (Å²) in [5.41, 5.74) is 11.3. The number of hydrogen-bond acceptors (Lipinski definition) is 11. The van der Waals surface area contributed by atoms with Gasteiger partial charge in [-0.2, -0.15) is 0 Å². The molecule has 2 heterocycles. The van der Waals surface area contributed by atoms with E-state index < -0.39 is 31.4 Å². The van der Waals surface area contributed by atoms with Gasteiger partial charge in [-0.3, -0.25) is 30.0 Å². The Kier molecular flexibility index (Phi) is 30.0. The molecule has 0 bridgehead atoms. The van der Waals surface area contributed by atoms with Crippen LogP contribution in [0.3, 0.4) is 0 Å². The topological polar surface area (TPSA) is 168 Å². The summed E-state index contributed by atoms with van der Waals surface area (Å²) in [7, 11) is -1.94. The molecule has 3 N–H and O–H groups in total. The molecule has 0 saturated heterocycles. The number of hydrazine groups is 2. The van der Waals surface area contributed by atoms with E-state index in [1.807, 2.05) is 113 Å². The van der Waals surface area contributed by atoms with Crippen molar-refractivity contribution in [1.29, 1.82) is 0 Å². The first-order valence-corrected chi connectivity index (χ1v) is 34.5. The lowest BCUT2D eigenvalue weighted by Gasteiger charge is -2.38. The van der Waals surface area contributed by atoms with Crippen molar-refractivity contribution >= 4 is 31.9 Å². The van der Waals surface area contributed by atoms with Gasteiger partial charge in [-0.05, 0) is 163 Å². The average molecular weight is 1230 g/mol. The normalized spacial score (nSPS) is 14.5. The van der Waals surface area contributed by atoms with Gasteiger partial charge in [0.1, 0.15) is 13.2 Å². The van der Waals surface area contributed by atoms with Crippen molar-refractivity contribution in [3.63, 3.8) is 0 Å². The molecule has 0 unspecified atom stereocenters. The van der Waals surface area contributed by atoms with Crippen LogP contribution in [0.1, 0.15) is 229 Å². The van der Waals surface area contributed by atoms with Crippen LogP contribution in [-0.2, 0) is 4.43 Å². The second-order valence-electron chi connectivity index (χ2n) is 26.8. The fourth-order valence-corrected chi connectivity index (χ4v) is 10.3. The molecule has 2 atom stereocenters. The second kappa shape index (κ2) is 34.7. The number of fused-ring (bicyclic) bond motifs is 2. The minimum Gasteiger partial charge on any atom is -0.486 e. The Hall–Kier alpha value is -6.01. The number of ether oxygens (including phenoxy) is 4. The summed E-state index contributed by atoms with van der Waals surface area (Å²) in [6.07, 6.45) is 11.8. The summed E-state index contributed by atoms with van der Waals surface area (Å²) in [4.78, 5) is 53.5. The Morgan fingerprint density at radius 3 is 1.25 bits per heavy atom. The van der Waals surface area contributed by atoms with Gasteiger partial charge in [-0.15, -0.1) is 9.60 Å². The van der Waals surface area contributed by atoms with Gasteiger partial charge in [-0.25, -0.2) is 10.0 Å². The Morgan fingerprint density at radius 2 is 0.920 bits per heavy atom. The van der Waals surface area contributed by atoms with Gasteiger partial charge in [0.05, 0.1) is 24.3 Å². The lowest BCUT2D eigenvalue weighted by atomic mass is 10.0. The number of nitrogens with zero attached hydrogens (tertiary/aromatic N) is 3. The van der Waals surface area contributed by atoms with Crippen molar-refractivity contribution in [2.45, 2.75) is 237 Å². The highest BCUT2D eigenvalue weighted by Crippen LogP contribution is 2.40. The smallest absolute Gasteiger partial charge is 0.272 e. The van der Waals surface area contributed by atoms with Crippen molar-refractivity contribution < 1.29 is 52.1 Å². The minimum absolute atomic E-state index is 0.0924. The molecule has 4 amide bonds. The first-order valence-electron chi connectivity index (χ1n) is 31.6. The molecule has 4 aromatic rings. The summed E-state index contributed by atoms with van der Waals surface area (Å²) in [6, 6.07) is 18.1. The molecule has 0 spiro atoms. The van der Waals surface area contributed by atoms with Crippen molar-refractivity contribution in [1.82, 2.24) is 26.0 Å². The van der Waals surface area contributed by atoms with E-state index in [2.05, 4.69) is 72.4 Å². The van der Waals surface area contributed by atoms with E-state index in [1.165, 1.54) is 48.5 Å². The molecule has 0 aromatic heterocycles. The number of nitrogens with one attached hydrogen (secondary N) is 2. The fraction of sp³-hybridized carbons (Fsp3) is 0.600. The van der Waals surface area contributed by atoms with E-state index in [1.54, 1.807) is 31.2 Å². The number of aryl methyl sites for hydroxylation is 4. The lowest BCUT2D eigenvalue weighted by Crippen LogP contribution is -2.56. The van der Waals surface area contributed by atoms with Crippen LogP contribution in [0, 0.1) is 41.5 Å². The molecule has 0 aliphatic carbocycles. The number of carbonyl (C=O) groups is 4. The predicted octanol–water partition coefficient (Wildman–Crippen LogP) is 15.8. The van der Waals surface area contributed by atoms with E-state index in [0.29, 0.717) is 82.7 Å². The van der Waals surface area contributed by atoms with Crippen molar-refractivity contribution in [3.05, 3.63) is 116 Å². The third kappa shape index (κ3) is 23.5. The van der Waals surface area contributed by atoms with Crippen LogP contribution in [0.4, 0.5) is 4.48 Å². The third-order valence-electron chi connectivity index (χ3n) is 15.4. The van der Waals surface area contributed by atoms with Gasteiger partial charge in [0.25, 0.3) is 23.6 Å². The average Bonchev–Trinajstić information content (AvgIpc) is 2.13. The highest BCUT2D eigenvalue weighted by molar-refractivity contribution is 6.74. The molecule has 15 nitrogen and oxygen atoms in total. The van der Waals surface area contributed by atoms with Crippen LogP contribution in [-0.4, -0.2) is 115 Å². The van der Waals surface area contributed by atoms with Crippen LogP contribution in [0.2, 0.25) is 18.1 Å². The number of unbranched alkanes of at least 4 members (excludes halogenated alkanes) is 7. The van der Waals surface area contributed by atoms with Crippen molar-refractivity contribution in [2.24, 2.45) is 0 Å². The number of benzene rings is 4. The highest BCUT2D eigenvalue weighted by atomic mass is 28.4. The Labute approximate surface area is 523 Å². The number of aliphatic hydroxyl groups is 1. The number of carbonyl (C=O) groups excluding carboxylic acids is 4. The number of halogens is 1. The third-order valence-corrected chi connectivity index (χ3v) is 19.9. The first-order chi connectivity index (χ1) is 40.6. The maximum absolute atomic E-state index is 13.5. The Balaban J connectivity index is 0.000000358.